The molecule has 0 saturated carbocycles. The van der Waals surface area contributed by atoms with E-state index in [-0.39, 0.29) is 18.7 Å². The highest BCUT2D eigenvalue weighted by Crippen LogP contribution is 2.34. The van der Waals surface area contributed by atoms with Crippen molar-refractivity contribution in [3.63, 3.8) is 0 Å². The van der Waals surface area contributed by atoms with E-state index in [2.05, 4.69) is 11.6 Å². The van der Waals surface area contributed by atoms with Crippen molar-refractivity contribution in [1.82, 2.24) is 4.98 Å². The van der Waals surface area contributed by atoms with E-state index in [0.29, 0.717) is 22.2 Å². The first kappa shape index (κ1) is 15.7. The number of nitrogens with zero attached hydrogens (tertiary/aromatic N) is 1. The summed E-state index contributed by atoms with van der Waals surface area (Å²) >= 11 is 0. The van der Waals surface area contributed by atoms with Crippen LogP contribution < -0.4 is 5.73 Å². The Hall–Kier alpha value is -2.67. The molecular weight excluding hydrogens is 286 g/mol. The van der Waals surface area contributed by atoms with Gasteiger partial charge in [0.1, 0.15) is 0 Å². The van der Waals surface area contributed by atoms with Gasteiger partial charge in [0.15, 0.2) is 0 Å². The van der Waals surface area contributed by atoms with Gasteiger partial charge in [-0.05, 0) is 30.5 Å². The number of carboxylic acids is 1. The Morgan fingerprint density at radius 2 is 2.27 bits per heavy atom. The lowest BCUT2D eigenvalue weighted by Gasteiger charge is -2.10. The van der Waals surface area contributed by atoms with Crippen molar-refractivity contribution in [1.29, 1.82) is 0 Å². The van der Waals surface area contributed by atoms with Crippen LogP contribution in [0.2, 0.25) is 0 Å². The van der Waals surface area contributed by atoms with E-state index in [9.17, 15) is 20.0 Å². The van der Waals surface area contributed by atoms with E-state index in [1.54, 1.807) is 19.1 Å². The number of hydrogen-bond acceptors (Lipinski definition) is 4. The smallest absolute Gasteiger partial charge is 0.308 e. The Balaban J connectivity index is 2.72. The molecule has 0 aliphatic carbocycles. The number of aromatic nitrogens is 1. The van der Waals surface area contributed by atoms with Crippen LogP contribution in [-0.2, 0) is 11.2 Å². The predicted octanol–water partition coefficient (Wildman–Crippen LogP) is 2.23. The highest BCUT2D eigenvalue weighted by molar-refractivity contribution is 5.98. The molecule has 4 N–H and O–H groups in total. The number of non-ortho nitro benzene ring substituents is 1. The first-order valence-corrected chi connectivity index (χ1v) is 6.74. The van der Waals surface area contributed by atoms with Gasteiger partial charge in [0, 0.05) is 18.3 Å². The van der Waals surface area contributed by atoms with Crippen molar-refractivity contribution in [2.24, 2.45) is 11.7 Å². The van der Waals surface area contributed by atoms with Crippen LogP contribution >= 0.6 is 0 Å². The maximum absolute atomic E-state index is 11.3. The first-order valence-electron chi connectivity index (χ1n) is 6.74. The Morgan fingerprint density at radius 1 is 1.59 bits per heavy atom. The highest BCUT2D eigenvalue weighted by atomic mass is 16.6. The zero-order chi connectivity index (χ0) is 16.4. The molecule has 0 bridgehead atoms. The van der Waals surface area contributed by atoms with Crippen LogP contribution in [0.1, 0.15) is 16.8 Å². The Morgan fingerprint density at radius 3 is 2.77 bits per heavy atom. The maximum Gasteiger partial charge on any atom is 0.308 e. The fourth-order valence-electron chi connectivity index (χ4n) is 2.59. The number of fused-ring (bicyclic) bond motifs is 1. The second-order valence-corrected chi connectivity index (χ2v) is 5.09. The van der Waals surface area contributed by atoms with Gasteiger partial charge in [0.2, 0.25) is 0 Å². The molecule has 116 valence electrons. The summed E-state index contributed by atoms with van der Waals surface area (Å²) in [6, 6.07) is 3.03. The number of H-pyrrole nitrogens is 1. The number of aryl methyl sites for hydroxylation is 1. The summed E-state index contributed by atoms with van der Waals surface area (Å²) in [5.41, 5.74) is 8.08. The average molecular weight is 303 g/mol. The normalized spacial score (nSPS) is 12.3. The quantitative estimate of drug-likeness (QED) is 0.558. The second-order valence-electron chi connectivity index (χ2n) is 5.09. The third-order valence-corrected chi connectivity index (χ3v) is 3.78. The zero-order valence-corrected chi connectivity index (χ0v) is 12.1. The number of nitrogens with one attached hydrogen (secondary N) is 1. The summed E-state index contributed by atoms with van der Waals surface area (Å²) in [6.45, 7) is 5.43. The van der Waals surface area contributed by atoms with Crippen LogP contribution in [-0.4, -0.2) is 27.5 Å². The number of hydrogen-bond donors (Lipinski definition) is 3. The number of carbonyl (C=O) groups is 1. The number of nitro benzene ring substituents is 1. The van der Waals surface area contributed by atoms with Gasteiger partial charge in [-0.2, -0.15) is 0 Å². The summed E-state index contributed by atoms with van der Waals surface area (Å²) in [5.74, 6) is -1.80. The van der Waals surface area contributed by atoms with Crippen molar-refractivity contribution < 1.29 is 14.8 Å². The Labute approximate surface area is 126 Å². The van der Waals surface area contributed by atoms with E-state index >= 15 is 0 Å². The molecule has 2 aromatic rings. The molecule has 2 rings (SSSR count). The average Bonchev–Trinajstić information content (AvgIpc) is 2.79. The molecule has 0 aliphatic rings. The van der Waals surface area contributed by atoms with Gasteiger partial charge in [-0.15, -0.1) is 0 Å². The molecule has 1 aromatic heterocycles. The number of carboxylic acid groups (broad SMARTS) is 1. The summed E-state index contributed by atoms with van der Waals surface area (Å²) < 4.78 is 0. The molecule has 0 fully saturated rings. The first-order chi connectivity index (χ1) is 10.4. The van der Waals surface area contributed by atoms with Gasteiger partial charge in [-0.1, -0.05) is 12.7 Å². The molecule has 0 aliphatic heterocycles. The molecular formula is C15H17N3O4. The molecule has 0 amide bonds. The van der Waals surface area contributed by atoms with Gasteiger partial charge in [-0.3, -0.25) is 14.9 Å². The van der Waals surface area contributed by atoms with Crippen molar-refractivity contribution in [2.75, 3.05) is 6.54 Å². The van der Waals surface area contributed by atoms with E-state index in [1.165, 1.54) is 6.07 Å². The highest BCUT2D eigenvalue weighted by Gasteiger charge is 2.25. The van der Waals surface area contributed by atoms with Gasteiger partial charge in [-0.25, -0.2) is 0 Å². The number of benzene rings is 1. The molecule has 7 heteroatoms. The van der Waals surface area contributed by atoms with Crippen LogP contribution in [0, 0.1) is 23.0 Å². The van der Waals surface area contributed by atoms with Gasteiger partial charge in [0.05, 0.1) is 21.7 Å². The van der Waals surface area contributed by atoms with Gasteiger partial charge in [0.25, 0.3) is 5.69 Å². The van der Waals surface area contributed by atoms with E-state index < -0.39 is 16.8 Å². The third-order valence-electron chi connectivity index (χ3n) is 3.78. The molecule has 1 unspecified atom stereocenters. The topological polar surface area (TPSA) is 122 Å². The molecule has 0 spiro atoms. The van der Waals surface area contributed by atoms with E-state index in [4.69, 9.17) is 5.73 Å². The summed E-state index contributed by atoms with van der Waals surface area (Å²) in [7, 11) is 0. The molecule has 0 saturated heterocycles. The van der Waals surface area contributed by atoms with E-state index in [1.807, 2.05) is 0 Å². The van der Waals surface area contributed by atoms with Crippen molar-refractivity contribution in [2.45, 2.75) is 13.3 Å². The monoisotopic (exact) mass is 303 g/mol. The lowest BCUT2D eigenvalue weighted by atomic mass is 9.96. The number of aromatic amines is 1. The number of nitrogens with two attached hydrogens (primary N) is 1. The standard InChI is InChI=1S/C15H17N3O4/c1-3-9-4-5-12(18(21)22)13-11(8(2)17-14(9)13)6-10(7-16)15(19)20/h3-5,10,17H,1,6-7,16H2,2H3,(H,19,20). The molecule has 1 atom stereocenters. The zero-order valence-electron chi connectivity index (χ0n) is 12.1. The minimum atomic E-state index is -1.02. The lowest BCUT2D eigenvalue weighted by Crippen LogP contribution is -2.25. The predicted molar refractivity (Wildman–Crippen MR) is 83.7 cm³/mol. The van der Waals surface area contributed by atoms with Crippen molar-refractivity contribution >= 4 is 28.6 Å². The summed E-state index contributed by atoms with van der Waals surface area (Å²) in [5, 5.41) is 20.9. The fraction of sp³-hybridized carbons (Fsp3) is 0.267. The number of nitro groups is 1. The summed E-state index contributed by atoms with van der Waals surface area (Å²) in [4.78, 5) is 25.1. The third kappa shape index (κ3) is 2.58. The van der Waals surface area contributed by atoms with Crippen LogP contribution in [0.4, 0.5) is 5.69 Å². The number of aliphatic carboxylic acids is 1. The molecule has 1 aromatic carbocycles. The SMILES string of the molecule is C=Cc1ccc([N+](=O)[O-])c2c(CC(CN)C(=O)O)c(C)[nH]c12. The fourth-order valence-corrected chi connectivity index (χ4v) is 2.59. The Kier molecular flexibility index (Phi) is 4.27. The largest absolute Gasteiger partial charge is 0.481 e. The summed E-state index contributed by atoms with van der Waals surface area (Å²) in [6.07, 6.45) is 1.74. The minimum Gasteiger partial charge on any atom is -0.481 e. The second kappa shape index (κ2) is 5.98. The van der Waals surface area contributed by atoms with Crippen molar-refractivity contribution in [3.8, 4) is 0 Å². The Bertz CT molecular complexity index is 764. The van der Waals surface area contributed by atoms with Crippen LogP contribution in [0.25, 0.3) is 17.0 Å². The molecule has 0 radical (unpaired) electrons. The molecule has 1 heterocycles. The maximum atomic E-state index is 11.3. The van der Waals surface area contributed by atoms with E-state index in [0.717, 1.165) is 5.56 Å². The van der Waals surface area contributed by atoms with Crippen LogP contribution in [0.3, 0.4) is 0 Å². The molecule has 22 heavy (non-hydrogen) atoms. The minimum absolute atomic E-state index is 0.0314. The number of rotatable bonds is 6. The lowest BCUT2D eigenvalue weighted by molar-refractivity contribution is -0.383. The van der Waals surface area contributed by atoms with Crippen molar-refractivity contribution in [3.05, 3.63) is 45.6 Å². The van der Waals surface area contributed by atoms with Gasteiger partial charge >= 0.3 is 5.97 Å². The van der Waals surface area contributed by atoms with Gasteiger partial charge < -0.3 is 15.8 Å². The van der Waals surface area contributed by atoms with Crippen LogP contribution in [0.5, 0.6) is 0 Å². The molecule has 7 nitrogen and oxygen atoms in total. The van der Waals surface area contributed by atoms with Crippen LogP contribution in [0.15, 0.2) is 18.7 Å².